The topological polar surface area (TPSA) is 99.2 Å². The molecule has 3 aliphatic carbocycles. The lowest BCUT2D eigenvalue weighted by Crippen LogP contribution is -2.75. The fraction of sp³-hybridized carbons (Fsp3) is 0.391. The fourth-order valence-corrected chi connectivity index (χ4v) is 5.19. The fourth-order valence-electron chi connectivity index (χ4n) is 5.07. The van der Waals surface area contributed by atoms with Crippen LogP contribution in [0.15, 0.2) is 35.0 Å². The van der Waals surface area contributed by atoms with Crippen LogP contribution in [0.25, 0.3) is 11.3 Å². The van der Waals surface area contributed by atoms with Gasteiger partial charge in [-0.2, -0.15) is 5.10 Å². The van der Waals surface area contributed by atoms with E-state index in [-0.39, 0.29) is 40.0 Å². The molecule has 8 nitrogen and oxygen atoms in total. The third kappa shape index (κ3) is 3.90. The number of aryl methyl sites for hydroxylation is 1. The molecule has 10 heteroatoms. The summed E-state index contributed by atoms with van der Waals surface area (Å²) in [6.07, 6.45) is 4.26. The van der Waals surface area contributed by atoms with E-state index in [0.29, 0.717) is 17.9 Å². The Bertz CT molecular complexity index is 1250. The standard InChI is InChI=1S/C23H22ClFN4O4/c1-13-15(8-26-29(13)2)20-6-18(28-33-20)19(30)7-22-10-23(11-22,12-22)27-21(31)9-32-14-3-4-16(24)17(25)5-14/h3-6,8H,7,9-12H2,1-2H3,(H,27,31). The highest BCUT2D eigenvalue weighted by Gasteiger charge is 2.68. The van der Waals surface area contributed by atoms with Crippen molar-refractivity contribution in [1.29, 1.82) is 0 Å². The molecule has 0 unspecified atom stereocenters. The predicted molar refractivity (Wildman–Crippen MR) is 116 cm³/mol. The molecule has 3 aliphatic rings. The summed E-state index contributed by atoms with van der Waals surface area (Å²) in [7, 11) is 1.84. The largest absolute Gasteiger partial charge is 0.484 e. The van der Waals surface area contributed by atoms with Crippen molar-refractivity contribution in [3.8, 4) is 17.1 Å². The monoisotopic (exact) mass is 472 g/mol. The molecule has 0 aliphatic heterocycles. The number of ether oxygens (including phenoxy) is 1. The second kappa shape index (κ2) is 7.69. The zero-order valence-electron chi connectivity index (χ0n) is 18.2. The molecule has 1 aromatic carbocycles. The molecule has 3 fully saturated rings. The van der Waals surface area contributed by atoms with Crippen molar-refractivity contribution in [3.63, 3.8) is 0 Å². The molecule has 2 bridgehead atoms. The van der Waals surface area contributed by atoms with E-state index in [0.717, 1.165) is 36.6 Å². The molecule has 1 amide bonds. The average molecular weight is 473 g/mol. The second-order valence-corrected chi connectivity index (χ2v) is 9.57. The lowest BCUT2D eigenvalue weighted by Gasteiger charge is -2.70. The number of rotatable bonds is 8. The number of nitrogens with zero attached hydrogens (tertiary/aromatic N) is 3. The Hall–Kier alpha value is -3.20. The Kier molecular flexibility index (Phi) is 5.04. The molecule has 6 rings (SSSR count). The van der Waals surface area contributed by atoms with Crippen molar-refractivity contribution in [1.82, 2.24) is 20.3 Å². The first-order valence-corrected chi connectivity index (χ1v) is 10.9. The Balaban J connectivity index is 1.11. The molecule has 33 heavy (non-hydrogen) atoms. The van der Waals surface area contributed by atoms with Crippen molar-refractivity contribution in [3.05, 3.63) is 52.7 Å². The van der Waals surface area contributed by atoms with Crippen molar-refractivity contribution >= 4 is 23.3 Å². The number of benzene rings is 1. The van der Waals surface area contributed by atoms with Gasteiger partial charge < -0.3 is 14.6 Å². The first-order chi connectivity index (χ1) is 15.7. The highest BCUT2D eigenvalue weighted by atomic mass is 35.5. The number of carbonyl (C=O) groups excluding carboxylic acids is 2. The number of hydrogen-bond donors (Lipinski definition) is 1. The first kappa shape index (κ1) is 21.6. The lowest BCUT2D eigenvalue weighted by atomic mass is 9.38. The van der Waals surface area contributed by atoms with E-state index in [1.165, 1.54) is 12.1 Å². The summed E-state index contributed by atoms with van der Waals surface area (Å²) in [5.74, 6) is -0.196. The molecule has 3 saturated carbocycles. The summed E-state index contributed by atoms with van der Waals surface area (Å²) in [6.45, 7) is 1.70. The average Bonchev–Trinajstić information content (AvgIpc) is 3.33. The van der Waals surface area contributed by atoms with E-state index in [9.17, 15) is 14.0 Å². The van der Waals surface area contributed by atoms with Gasteiger partial charge in [0.05, 0.1) is 16.8 Å². The summed E-state index contributed by atoms with van der Waals surface area (Å²) < 4.78 is 25.9. The Labute approximate surface area is 194 Å². The summed E-state index contributed by atoms with van der Waals surface area (Å²) in [5.41, 5.74) is 1.65. The number of ketones is 1. The minimum atomic E-state index is -0.601. The van der Waals surface area contributed by atoms with Gasteiger partial charge >= 0.3 is 0 Å². The highest BCUT2D eigenvalue weighted by molar-refractivity contribution is 6.30. The lowest BCUT2D eigenvalue weighted by molar-refractivity contribution is -0.164. The highest BCUT2D eigenvalue weighted by Crippen LogP contribution is 2.69. The van der Waals surface area contributed by atoms with Gasteiger partial charge in [-0.1, -0.05) is 16.8 Å². The van der Waals surface area contributed by atoms with Crippen molar-refractivity contribution in [2.24, 2.45) is 12.5 Å². The van der Waals surface area contributed by atoms with Gasteiger partial charge in [0.2, 0.25) is 0 Å². The normalized spacial score (nSPS) is 22.9. The molecule has 1 N–H and O–H groups in total. The number of hydrogen-bond acceptors (Lipinski definition) is 6. The van der Waals surface area contributed by atoms with Gasteiger partial charge in [-0.25, -0.2) is 4.39 Å². The van der Waals surface area contributed by atoms with Crippen LogP contribution in [-0.4, -0.2) is 38.8 Å². The van der Waals surface area contributed by atoms with E-state index in [1.807, 2.05) is 14.0 Å². The van der Waals surface area contributed by atoms with Gasteiger partial charge in [0.1, 0.15) is 17.3 Å². The number of Topliss-reactive ketones (excluding diaryl/α,β-unsaturated/α-hetero) is 1. The number of carbonyl (C=O) groups is 2. The van der Waals surface area contributed by atoms with Crippen LogP contribution in [0.2, 0.25) is 5.02 Å². The third-order valence-corrected chi connectivity index (χ3v) is 6.94. The quantitative estimate of drug-likeness (QED) is 0.500. The summed E-state index contributed by atoms with van der Waals surface area (Å²) in [6, 6.07) is 5.68. The molecule has 3 aromatic rings. The minimum Gasteiger partial charge on any atom is -0.484 e. The van der Waals surface area contributed by atoms with Crippen LogP contribution in [0, 0.1) is 18.2 Å². The van der Waals surface area contributed by atoms with Gasteiger partial charge in [0.15, 0.2) is 18.2 Å². The number of amides is 1. The molecule has 0 spiro atoms. The van der Waals surface area contributed by atoms with Crippen molar-refractivity contribution < 1.29 is 23.2 Å². The Morgan fingerprint density at radius 1 is 1.30 bits per heavy atom. The second-order valence-electron chi connectivity index (χ2n) is 9.17. The summed E-state index contributed by atoms with van der Waals surface area (Å²) in [5, 5.41) is 11.1. The van der Waals surface area contributed by atoms with Gasteiger partial charge in [-0.05, 0) is 43.7 Å². The molecule has 172 valence electrons. The zero-order chi connectivity index (χ0) is 23.4. The van der Waals surface area contributed by atoms with Crippen LogP contribution < -0.4 is 10.1 Å². The molecular formula is C23H22ClFN4O4. The molecule has 0 saturated heterocycles. The van der Waals surface area contributed by atoms with E-state index >= 15 is 0 Å². The molecule has 2 heterocycles. The van der Waals surface area contributed by atoms with Crippen LogP contribution in [-0.2, 0) is 11.8 Å². The zero-order valence-corrected chi connectivity index (χ0v) is 18.9. The van der Waals surface area contributed by atoms with Crippen molar-refractivity contribution in [2.45, 2.75) is 38.1 Å². The van der Waals surface area contributed by atoms with Crippen LogP contribution in [0.3, 0.4) is 0 Å². The number of nitrogens with one attached hydrogen (secondary N) is 1. The van der Waals surface area contributed by atoms with Gasteiger partial charge in [0, 0.05) is 36.8 Å². The molecule has 0 atom stereocenters. The third-order valence-electron chi connectivity index (χ3n) is 6.64. The van der Waals surface area contributed by atoms with Gasteiger partial charge in [0.25, 0.3) is 5.91 Å². The first-order valence-electron chi connectivity index (χ1n) is 10.6. The van der Waals surface area contributed by atoms with E-state index in [4.69, 9.17) is 20.9 Å². The molecular weight excluding hydrogens is 451 g/mol. The maximum atomic E-state index is 13.5. The van der Waals surface area contributed by atoms with Gasteiger partial charge in [-0.3, -0.25) is 14.3 Å². The van der Waals surface area contributed by atoms with E-state index in [1.54, 1.807) is 16.9 Å². The smallest absolute Gasteiger partial charge is 0.258 e. The maximum absolute atomic E-state index is 13.5. The Morgan fingerprint density at radius 2 is 2.06 bits per heavy atom. The Morgan fingerprint density at radius 3 is 2.73 bits per heavy atom. The minimum absolute atomic E-state index is 0.00505. The van der Waals surface area contributed by atoms with E-state index in [2.05, 4.69) is 15.6 Å². The molecule has 0 radical (unpaired) electrons. The SMILES string of the molecule is Cc1c(-c2cc(C(=O)CC34CC(NC(=O)COc5ccc(Cl)c(F)c5)(C3)C4)no2)cnn1C. The van der Waals surface area contributed by atoms with Crippen molar-refractivity contribution in [2.75, 3.05) is 6.61 Å². The van der Waals surface area contributed by atoms with Gasteiger partial charge in [-0.15, -0.1) is 0 Å². The van der Waals surface area contributed by atoms with Crippen LogP contribution in [0.4, 0.5) is 4.39 Å². The number of aromatic nitrogens is 3. The number of halogens is 2. The predicted octanol–water partition coefficient (Wildman–Crippen LogP) is 3.87. The molecule has 2 aromatic heterocycles. The van der Waals surface area contributed by atoms with Crippen LogP contribution in [0.1, 0.15) is 41.9 Å². The maximum Gasteiger partial charge on any atom is 0.258 e. The van der Waals surface area contributed by atoms with E-state index < -0.39 is 5.82 Å². The van der Waals surface area contributed by atoms with Crippen LogP contribution in [0.5, 0.6) is 5.75 Å². The van der Waals surface area contributed by atoms with Crippen LogP contribution >= 0.6 is 11.6 Å². The summed E-state index contributed by atoms with van der Waals surface area (Å²) >= 11 is 5.64. The summed E-state index contributed by atoms with van der Waals surface area (Å²) in [4.78, 5) is 25.0.